The highest BCUT2D eigenvalue weighted by molar-refractivity contribution is 5.87. The normalized spacial score (nSPS) is 19.2. The lowest BCUT2D eigenvalue weighted by Crippen LogP contribution is -2.46. The van der Waals surface area contributed by atoms with Gasteiger partial charge in [0.15, 0.2) is 0 Å². The molecule has 4 nitrogen and oxygen atoms in total. The van der Waals surface area contributed by atoms with Crippen molar-refractivity contribution in [2.45, 2.75) is 58.0 Å². The number of nitrogens with zero attached hydrogens (tertiary/aromatic N) is 1. The first kappa shape index (κ1) is 16.5. The van der Waals surface area contributed by atoms with Crippen molar-refractivity contribution in [1.29, 1.82) is 0 Å². The fourth-order valence-corrected chi connectivity index (χ4v) is 2.79. The maximum Gasteiger partial charge on any atom is 0.243 e. The summed E-state index contributed by atoms with van der Waals surface area (Å²) in [7, 11) is 1.73. The van der Waals surface area contributed by atoms with Gasteiger partial charge >= 0.3 is 0 Å². The summed E-state index contributed by atoms with van der Waals surface area (Å²) in [5.41, 5.74) is 2.38. The molecule has 0 radical (unpaired) electrons. The third kappa shape index (κ3) is 4.09. The van der Waals surface area contributed by atoms with Crippen LogP contribution in [0.5, 0.6) is 0 Å². The first-order chi connectivity index (χ1) is 10.5. The highest BCUT2D eigenvalue weighted by Gasteiger charge is 2.28. The van der Waals surface area contributed by atoms with Crippen LogP contribution in [0.1, 0.15) is 56.6 Å². The maximum atomic E-state index is 12.4. The molecule has 1 fully saturated rings. The van der Waals surface area contributed by atoms with Gasteiger partial charge in [-0.2, -0.15) is 0 Å². The second-order valence-corrected chi connectivity index (χ2v) is 6.38. The van der Waals surface area contributed by atoms with Gasteiger partial charge in [0.05, 0.1) is 0 Å². The molecular weight excluding hydrogens is 276 g/mol. The molecule has 4 heteroatoms. The molecule has 2 amide bonds. The number of benzene rings is 1. The zero-order chi connectivity index (χ0) is 16.1. The quantitative estimate of drug-likeness (QED) is 0.930. The Balaban J connectivity index is 1.92. The molecule has 1 unspecified atom stereocenters. The number of hydrogen-bond acceptors (Lipinski definition) is 2. The molecule has 1 N–H and O–H groups in total. The van der Waals surface area contributed by atoms with Crippen molar-refractivity contribution in [3.05, 3.63) is 35.4 Å². The molecule has 1 aliphatic heterocycles. The summed E-state index contributed by atoms with van der Waals surface area (Å²) >= 11 is 0. The van der Waals surface area contributed by atoms with E-state index < -0.39 is 0 Å². The minimum atomic E-state index is -0.329. The van der Waals surface area contributed by atoms with E-state index in [4.69, 9.17) is 0 Å². The molecule has 0 bridgehead atoms. The molecule has 0 saturated carbocycles. The number of likely N-dealkylation sites (N-methyl/N-ethyl adjacent to an activating group) is 1. The molecule has 1 atom stereocenters. The molecule has 1 aliphatic rings. The summed E-state index contributed by atoms with van der Waals surface area (Å²) in [6.45, 7) is 4.83. The second-order valence-electron chi connectivity index (χ2n) is 6.38. The maximum absolute atomic E-state index is 12.4. The van der Waals surface area contributed by atoms with Crippen LogP contribution < -0.4 is 5.32 Å². The van der Waals surface area contributed by atoms with Gasteiger partial charge in [0.1, 0.15) is 6.04 Å². The average molecular weight is 302 g/mol. The zero-order valence-corrected chi connectivity index (χ0v) is 13.8. The molecule has 0 aliphatic carbocycles. The minimum absolute atomic E-state index is 0.0503. The van der Waals surface area contributed by atoms with Gasteiger partial charge < -0.3 is 10.2 Å². The predicted molar refractivity (Wildman–Crippen MR) is 87.4 cm³/mol. The fraction of sp³-hybridized carbons (Fsp3) is 0.556. The minimum Gasteiger partial charge on any atom is -0.350 e. The Kier molecular flexibility index (Phi) is 5.58. The van der Waals surface area contributed by atoms with E-state index >= 15 is 0 Å². The van der Waals surface area contributed by atoms with Crippen molar-refractivity contribution in [3.63, 3.8) is 0 Å². The lowest BCUT2D eigenvalue weighted by atomic mass is 10.0. The number of likely N-dealkylation sites (tertiary alicyclic amines) is 1. The molecule has 0 aromatic heterocycles. The van der Waals surface area contributed by atoms with E-state index in [1.54, 1.807) is 11.9 Å². The largest absolute Gasteiger partial charge is 0.350 e. The highest BCUT2D eigenvalue weighted by atomic mass is 16.2. The second kappa shape index (κ2) is 7.43. The number of carbonyl (C=O) groups is 2. The van der Waals surface area contributed by atoms with Crippen LogP contribution in [-0.4, -0.2) is 29.8 Å². The smallest absolute Gasteiger partial charge is 0.243 e. The molecule has 1 aromatic carbocycles. The van der Waals surface area contributed by atoms with Crippen LogP contribution >= 0.6 is 0 Å². The Labute approximate surface area is 132 Å². The number of carbonyl (C=O) groups excluding carboxylic acids is 2. The van der Waals surface area contributed by atoms with E-state index in [1.807, 2.05) is 0 Å². The SMILES string of the molecule is CC(C)c1ccc(CNC(=O)C2CCCCC(=O)N2C)cc1. The third-order valence-electron chi connectivity index (χ3n) is 4.39. The number of hydrogen-bond donors (Lipinski definition) is 1. The van der Waals surface area contributed by atoms with Crippen molar-refractivity contribution in [3.8, 4) is 0 Å². The number of amides is 2. The van der Waals surface area contributed by atoms with Crippen LogP contribution in [-0.2, 0) is 16.1 Å². The molecule has 1 saturated heterocycles. The van der Waals surface area contributed by atoms with Crippen molar-refractivity contribution in [2.75, 3.05) is 7.05 Å². The molecular formula is C18H26N2O2. The highest BCUT2D eigenvalue weighted by Crippen LogP contribution is 2.17. The zero-order valence-electron chi connectivity index (χ0n) is 13.8. The molecule has 0 spiro atoms. The van der Waals surface area contributed by atoms with E-state index in [9.17, 15) is 9.59 Å². The summed E-state index contributed by atoms with van der Waals surface area (Å²) in [5.74, 6) is 0.527. The van der Waals surface area contributed by atoms with Crippen molar-refractivity contribution >= 4 is 11.8 Å². The van der Waals surface area contributed by atoms with Crippen LogP contribution in [0.25, 0.3) is 0 Å². The number of nitrogens with one attached hydrogen (secondary N) is 1. The molecule has 1 heterocycles. The summed E-state index contributed by atoms with van der Waals surface area (Å²) in [6, 6.07) is 7.99. The van der Waals surface area contributed by atoms with Crippen molar-refractivity contribution in [2.24, 2.45) is 0 Å². The van der Waals surface area contributed by atoms with Gasteiger partial charge in [-0.15, -0.1) is 0 Å². The first-order valence-corrected chi connectivity index (χ1v) is 8.11. The summed E-state index contributed by atoms with van der Waals surface area (Å²) < 4.78 is 0. The monoisotopic (exact) mass is 302 g/mol. The van der Waals surface area contributed by atoms with E-state index in [-0.39, 0.29) is 17.9 Å². The van der Waals surface area contributed by atoms with E-state index in [0.717, 1.165) is 24.8 Å². The standard InChI is InChI=1S/C18H26N2O2/c1-13(2)15-10-8-14(9-11-15)12-19-18(22)16-6-4-5-7-17(21)20(16)3/h8-11,13,16H,4-7,12H2,1-3H3,(H,19,22). The Morgan fingerprint density at radius 3 is 2.59 bits per heavy atom. The van der Waals surface area contributed by atoms with Gasteiger partial charge in [-0.1, -0.05) is 44.5 Å². The molecule has 2 rings (SSSR count). The van der Waals surface area contributed by atoms with Gasteiger partial charge in [0.25, 0.3) is 0 Å². The number of rotatable bonds is 4. The van der Waals surface area contributed by atoms with Crippen LogP contribution in [0, 0.1) is 0 Å². The van der Waals surface area contributed by atoms with Crippen LogP contribution in [0.3, 0.4) is 0 Å². The van der Waals surface area contributed by atoms with Gasteiger partial charge in [0, 0.05) is 20.0 Å². The van der Waals surface area contributed by atoms with Gasteiger partial charge in [-0.25, -0.2) is 0 Å². The van der Waals surface area contributed by atoms with E-state index in [0.29, 0.717) is 18.9 Å². The average Bonchev–Trinajstić information content (AvgIpc) is 2.67. The lowest BCUT2D eigenvalue weighted by Gasteiger charge is -2.25. The summed E-state index contributed by atoms with van der Waals surface area (Å²) in [5, 5.41) is 2.96. The first-order valence-electron chi connectivity index (χ1n) is 8.11. The van der Waals surface area contributed by atoms with Crippen molar-refractivity contribution < 1.29 is 9.59 Å². The molecule has 1 aromatic rings. The van der Waals surface area contributed by atoms with Gasteiger partial charge in [-0.3, -0.25) is 9.59 Å². The Hall–Kier alpha value is -1.84. The van der Waals surface area contributed by atoms with Gasteiger partial charge in [-0.05, 0) is 29.9 Å². The van der Waals surface area contributed by atoms with Crippen molar-refractivity contribution in [1.82, 2.24) is 10.2 Å². The molecule has 22 heavy (non-hydrogen) atoms. The fourth-order valence-electron chi connectivity index (χ4n) is 2.79. The predicted octanol–water partition coefficient (Wildman–Crippen LogP) is 2.83. The summed E-state index contributed by atoms with van der Waals surface area (Å²) in [4.78, 5) is 25.8. The van der Waals surface area contributed by atoms with E-state index in [1.165, 1.54) is 5.56 Å². The topological polar surface area (TPSA) is 49.4 Å². The Bertz CT molecular complexity index is 522. The summed E-state index contributed by atoms with van der Waals surface area (Å²) in [6.07, 6.45) is 3.11. The van der Waals surface area contributed by atoms with Crippen LogP contribution in [0.2, 0.25) is 0 Å². The van der Waals surface area contributed by atoms with E-state index in [2.05, 4.69) is 43.4 Å². The van der Waals surface area contributed by atoms with Crippen LogP contribution in [0.4, 0.5) is 0 Å². The third-order valence-corrected chi connectivity index (χ3v) is 4.39. The van der Waals surface area contributed by atoms with Crippen LogP contribution in [0.15, 0.2) is 24.3 Å². The van der Waals surface area contributed by atoms with Gasteiger partial charge in [0.2, 0.25) is 11.8 Å². The molecule has 120 valence electrons. The lowest BCUT2D eigenvalue weighted by molar-refractivity contribution is -0.138. The Morgan fingerprint density at radius 2 is 1.95 bits per heavy atom. The Morgan fingerprint density at radius 1 is 1.27 bits per heavy atom.